The molecule has 78 valence electrons. The Labute approximate surface area is 102 Å². The van der Waals surface area contributed by atoms with E-state index in [0.29, 0.717) is 16.6 Å². The highest BCUT2D eigenvalue weighted by molar-refractivity contribution is 7.07. The first-order valence-electron chi connectivity index (χ1n) is 4.32. The molecule has 0 fully saturated rings. The fourth-order valence-corrected chi connectivity index (χ4v) is 2.08. The Morgan fingerprint density at radius 2 is 2.20 bits per heavy atom. The standard InChI is InChI=1S/C10H8Cl2N2S/c11-8-2-1-3-9(10(8)12)13-4-7-5-15-6-14-7/h1-3,5-6,13H,4H2. The van der Waals surface area contributed by atoms with Crippen molar-refractivity contribution < 1.29 is 0 Å². The molecule has 0 saturated heterocycles. The highest BCUT2D eigenvalue weighted by Gasteiger charge is 2.03. The molecule has 5 heteroatoms. The minimum Gasteiger partial charge on any atom is -0.378 e. The second-order valence-corrected chi connectivity index (χ2v) is 4.44. The molecule has 0 aliphatic heterocycles. The van der Waals surface area contributed by atoms with Crippen molar-refractivity contribution in [2.75, 3.05) is 5.32 Å². The van der Waals surface area contributed by atoms with E-state index in [9.17, 15) is 0 Å². The molecule has 1 aromatic heterocycles. The Hall–Kier alpha value is -0.770. The molecule has 2 rings (SSSR count). The van der Waals surface area contributed by atoms with Crippen LogP contribution < -0.4 is 5.32 Å². The van der Waals surface area contributed by atoms with Crippen LogP contribution in [-0.2, 0) is 6.54 Å². The van der Waals surface area contributed by atoms with Gasteiger partial charge in [0.2, 0.25) is 0 Å². The average Bonchev–Trinajstić information content (AvgIpc) is 2.73. The normalized spacial score (nSPS) is 10.3. The second-order valence-electron chi connectivity index (χ2n) is 2.93. The maximum atomic E-state index is 6.02. The Morgan fingerprint density at radius 3 is 2.93 bits per heavy atom. The van der Waals surface area contributed by atoms with Gasteiger partial charge in [-0.05, 0) is 12.1 Å². The van der Waals surface area contributed by atoms with Gasteiger partial charge >= 0.3 is 0 Å². The smallest absolute Gasteiger partial charge is 0.0823 e. The molecule has 0 unspecified atom stereocenters. The Bertz CT molecular complexity index is 443. The Kier molecular flexibility index (Phi) is 3.46. The van der Waals surface area contributed by atoms with Crippen LogP contribution in [0.4, 0.5) is 5.69 Å². The van der Waals surface area contributed by atoms with Gasteiger partial charge in [-0.2, -0.15) is 0 Å². The third kappa shape index (κ3) is 2.62. The SMILES string of the molecule is Clc1cccc(NCc2cscn2)c1Cl. The summed E-state index contributed by atoms with van der Waals surface area (Å²) >= 11 is 13.5. The molecule has 2 aromatic rings. The van der Waals surface area contributed by atoms with Crippen molar-refractivity contribution in [3.63, 3.8) is 0 Å². The molecule has 0 spiro atoms. The summed E-state index contributed by atoms with van der Waals surface area (Å²) in [6.45, 7) is 0.656. The quantitative estimate of drug-likeness (QED) is 0.898. The zero-order valence-corrected chi connectivity index (χ0v) is 10.0. The summed E-state index contributed by atoms with van der Waals surface area (Å²) in [5, 5.41) is 6.28. The molecular weight excluding hydrogens is 251 g/mol. The lowest BCUT2D eigenvalue weighted by molar-refractivity contribution is 1.07. The first kappa shape index (κ1) is 10.7. The summed E-state index contributed by atoms with van der Waals surface area (Å²) in [5.41, 5.74) is 3.63. The molecule has 1 N–H and O–H groups in total. The lowest BCUT2D eigenvalue weighted by atomic mass is 10.3. The maximum absolute atomic E-state index is 6.02. The van der Waals surface area contributed by atoms with Crippen LogP contribution in [0.25, 0.3) is 0 Å². The number of halogens is 2. The molecule has 0 bridgehead atoms. The molecule has 15 heavy (non-hydrogen) atoms. The first-order valence-corrected chi connectivity index (χ1v) is 6.02. The number of anilines is 1. The number of rotatable bonds is 3. The van der Waals surface area contributed by atoms with Crippen LogP contribution in [-0.4, -0.2) is 4.98 Å². The van der Waals surface area contributed by atoms with Crippen LogP contribution in [0.15, 0.2) is 29.1 Å². The predicted molar refractivity (Wildman–Crippen MR) is 65.9 cm³/mol. The van der Waals surface area contributed by atoms with E-state index in [4.69, 9.17) is 23.2 Å². The number of hydrogen-bond acceptors (Lipinski definition) is 3. The first-order chi connectivity index (χ1) is 7.27. The van der Waals surface area contributed by atoms with Gasteiger partial charge in [0, 0.05) is 5.38 Å². The molecular formula is C10H8Cl2N2S. The topological polar surface area (TPSA) is 24.9 Å². The van der Waals surface area contributed by atoms with Gasteiger partial charge in [-0.3, -0.25) is 0 Å². The fourth-order valence-electron chi connectivity index (χ4n) is 1.15. The van der Waals surface area contributed by atoms with Crippen molar-refractivity contribution in [3.05, 3.63) is 44.8 Å². The lowest BCUT2D eigenvalue weighted by Crippen LogP contribution is -1.99. The molecule has 0 radical (unpaired) electrons. The Balaban J connectivity index is 2.08. The predicted octanol–water partition coefficient (Wildman–Crippen LogP) is 4.06. The van der Waals surface area contributed by atoms with E-state index < -0.39 is 0 Å². The average molecular weight is 259 g/mol. The highest BCUT2D eigenvalue weighted by Crippen LogP contribution is 2.29. The van der Waals surface area contributed by atoms with E-state index in [0.717, 1.165) is 11.4 Å². The minimum atomic E-state index is 0.550. The van der Waals surface area contributed by atoms with Crippen LogP contribution in [0.1, 0.15) is 5.69 Å². The molecule has 1 heterocycles. The van der Waals surface area contributed by atoms with Crippen molar-refractivity contribution in [2.24, 2.45) is 0 Å². The van der Waals surface area contributed by atoms with Crippen LogP contribution in [0.5, 0.6) is 0 Å². The van der Waals surface area contributed by atoms with Crippen molar-refractivity contribution in [3.8, 4) is 0 Å². The largest absolute Gasteiger partial charge is 0.378 e. The number of nitrogens with zero attached hydrogens (tertiary/aromatic N) is 1. The minimum absolute atomic E-state index is 0.550. The third-order valence-electron chi connectivity index (χ3n) is 1.90. The van der Waals surface area contributed by atoms with Gasteiger partial charge in [0.05, 0.1) is 33.5 Å². The molecule has 0 atom stereocenters. The molecule has 1 aromatic carbocycles. The van der Waals surface area contributed by atoms with Gasteiger partial charge < -0.3 is 5.32 Å². The van der Waals surface area contributed by atoms with E-state index >= 15 is 0 Å². The molecule has 0 aliphatic rings. The Morgan fingerprint density at radius 1 is 1.33 bits per heavy atom. The fraction of sp³-hybridized carbons (Fsp3) is 0.100. The number of thiazole rings is 1. The summed E-state index contributed by atoms with van der Waals surface area (Å²) in [7, 11) is 0. The zero-order chi connectivity index (χ0) is 10.7. The number of aromatic nitrogens is 1. The summed E-state index contributed by atoms with van der Waals surface area (Å²) in [6, 6.07) is 5.51. The van der Waals surface area contributed by atoms with Crippen molar-refractivity contribution in [2.45, 2.75) is 6.54 Å². The van der Waals surface area contributed by atoms with Crippen LogP contribution in [0, 0.1) is 0 Å². The van der Waals surface area contributed by atoms with Gasteiger partial charge in [-0.25, -0.2) is 4.98 Å². The number of nitrogens with one attached hydrogen (secondary N) is 1. The number of benzene rings is 1. The summed E-state index contributed by atoms with van der Waals surface area (Å²) in [6.07, 6.45) is 0. The zero-order valence-electron chi connectivity index (χ0n) is 7.71. The monoisotopic (exact) mass is 258 g/mol. The van der Waals surface area contributed by atoms with Gasteiger partial charge in [-0.15, -0.1) is 11.3 Å². The molecule has 0 aliphatic carbocycles. The van der Waals surface area contributed by atoms with Crippen LogP contribution in [0.2, 0.25) is 10.0 Å². The van der Waals surface area contributed by atoms with Crippen molar-refractivity contribution in [1.29, 1.82) is 0 Å². The third-order valence-corrected chi connectivity index (χ3v) is 3.35. The summed E-state index contributed by atoms with van der Waals surface area (Å²) in [5.74, 6) is 0. The van der Waals surface area contributed by atoms with Gasteiger partial charge in [0.15, 0.2) is 0 Å². The molecule has 0 amide bonds. The van der Waals surface area contributed by atoms with Gasteiger partial charge in [0.25, 0.3) is 0 Å². The maximum Gasteiger partial charge on any atom is 0.0823 e. The van der Waals surface area contributed by atoms with Crippen molar-refractivity contribution >= 4 is 40.2 Å². The van der Waals surface area contributed by atoms with E-state index in [-0.39, 0.29) is 0 Å². The van der Waals surface area contributed by atoms with Crippen LogP contribution in [0.3, 0.4) is 0 Å². The highest BCUT2D eigenvalue weighted by atomic mass is 35.5. The lowest BCUT2D eigenvalue weighted by Gasteiger charge is -2.07. The van der Waals surface area contributed by atoms with E-state index in [1.807, 2.05) is 17.5 Å². The van der Waals surface area contributed by atoms with Gasteiger partial charge in [-0.1, -0.05) is 29.3 Å². The number of hydrogen-bond donors (Lipinski definition) is 1. The van der Waals surface area contributed by atoms with E-state index in [1.165, 1.54) is 0 Å². The second kappa shape index (κ2) is 4.84. The molecule has 0 saturated carbocycles. The van der Waals surface area contributed by atoms with E-state index in [2.05, 4.69) is 10.3 Å². The molecule has 2 nitrogen and oxygen atoms in total. The van der Waals surface area contributed by atoms with E-state index in [1.54, 1.807) is 22.9 Å². The summed E-state index contributed by atoms with van der Waals surface area (Å²) in [4.78, 5) is 4.16. The van der Waals surface area contributed by atoms with Crippen molar-refractivity contribution in [1.82, 2.24) is 4.98 Å². The summed E-state index contributed by atoms with van der Waals surface area (Å²) < 4.78 is 0. The van der Waals surface area contributed by atoms with Gasteiger partial charge in [0.1, 0.15) is 0 Å². The van der Waals surface area contributed by atoms with Crippen LogP contribution >= 0.6 is 34.5 Å².